The lowest BCUT2D eigenvalue weighted by Crippen LogP contribution is -2.30. The summed E-state index contributed by atoms with van der Waals surface area (Å²) in [6.45, 7) is 10.2. The van der Waals surface area contributed by atoms with Gasteiger partial charge in [-0.25, -0.2) is 18.7 Å². The van der Waals surface area contributed by atoms with Crippen molar-refractivity contribution in [3.8, 4) is 22.8 Å². The number of hydrogen-bond donors (Lipinski definition) is 0. The molecule has 0 saturated carbocycles. The van der Waals surface area contributed by atoms with Crippen molar-refractivity contribution in [3.05, 3.63) is 87.8 Å². The maximum atomic E-state index is 14.8. The molecule has 4 heterocycles. The van der Waals surface area contributed by atoms with Gasteiger partial charge in [0, 0.05) is 24.7 Å². The fraction of sp³-hybridized carbons (Fsp3) is 0.276. The number of hydrogen-bond acceptors (Lipinski definition) is 6. The van der Waals surface area contributed by atoms with Gasteiger partial charge in [-0.2, -0.15) is 4.98 Å². The number of benzene rings is 1. The van der Waals surface area contributed by atoms with Crippen LogP contribution in [0.25, 0.3) is 28.0 Å². The Bertz CT molecular complexity index is 1670. The van der Waals surface area contributed by atoms with Crippen molar-refractivity contribution in [2.45, 2.75) is 39.2 Å². The molecule has 200 valence electrons. The molecule has 8 nitrogen and oxygen atoms in total. The molecular weight excluding hydrogens is 521 g/mol. The van der Waals surface area contributed by atoms with E-state index in [-0.39, 0.29) is 39.6 Å². The molecule has 3 aromatic heterocycles. The van der Waals surface area contributed by atoms with Gasteiger partial charge in [0.25, 0.3) is 0 Å². The number of aromatic nitrogens is 4. The van der Waals surface area contributed by atoms with Crippen LogP contribution in [0.15, 0.2) is 60.0 Å². The lowest BCUT2D eigenvalue weighted by molar-refractivity contribution is -0.125. The lowest BCUT2D eigenvalue weighted by Gasteiger charge is -2.20. The number of ether oxygens (including phenoxy) is 1. The van der Waals surface area contributed by atoms with E-state index >= 15 is 0 Å². The number of fused-ring (bicyclic) bond motifs is 1. The van der Waals surface area contributed by atoms with Gasteiger partial charge in [0.15, 0.2) is 5.65 Å². The minimum atomic E-state index is -0.623. The summed E-state index contributed by atoms with van der Waals surface area (Å²) in [5, 5.41) is 0.553. The predicted molar refractivity (Wildman–Crippen MR) is 148 cm³/mol. The van der Waals surface area contributed by atoms with Crippen molar-refractivity contribution in [2.24, 2.45) is 0 Å². The molecule has 10 heteroatoms. The summed E-state index contributed by atoms with van der Waals surface area (Å²) in [4.78, 5) is 40.9. The third kappa shape index (κ3) is 4.90. The Hall–Kier alpha value is -4.11. The Labute approximate surface area is 229 Å². The molecule has 0 bridgehead atoms. The van der Waals surface area contributed by atoms with Gasteiger partial charge in [-0.3, -0.25) is 9.78 Å². The summed E-state index contributed by atoms with van der Waals surface area (Å²) in [5.41, 5.74) is 2.01. The first-order chi connectivity index (χ1) is 18.7. The first-order valence-corrected chi connectivity index (χ1v) is 13.0. The summed E-state index contributed by atoms with van der Waals surface area (Å²) < 4.78 is 22.4. The smallest absolute Gasteiger partial charge is 0.357 e. The topological polar surface area (TPSA) is 90.2 Å². The fourth-order valence-electron chi connectivity index (χ4n) is 4.82. The molecule has 1 saturated heterocycles. The molecule has 0 aliphatic carbocycles. The zero-order valence-corrected chi connectivity index (χ0v) is 22.6. The van der Waals surface area contributed by atoms with Crippen molar-refractivity contribution in [3.63, 3.8) is 0 Å². The average molecular weight is 548 g/mol. The average Bonchev–Trinajstić information content (AvgIpc) is 3.38. The van der Waals surface area contributed by atoms with E-state index < -0.39 is 17.6 Å². The standard InChI is InChI=1S/C29H27ClFN5O3/c1-5-23(37)35-13-11-18(15-35)39-28-20-14-21(30)25(19-8-6-7-9-22(19)31)33-27(20)36(29(38)34-28)26-17(4)10-12-32-24(26)16(2)3/h5-10,12,14,16,18H,1,11,13,15H2,2-4H3. The Morgan fingerprint density at radius 1 is 1.26 bits per heavy atom. The SMILES string of the molecule is C=CC(=O)N1CCC(Oc2nc(=O)n(-c3c(C)ccnc3C(C)C)c3nc(-c4ccccc4F)c(Cl)cc23)C1. The fourth-order valence-corrected chi connectivity index (χ4v) is 5.08. The van der Waals surface area contributed by atoms with Crippen molar-refractivity contribution in [1.29, 1.82) is 0 Å². The highest BCUT2D eigenvalue weighted by atomic mass is 35.5. The number of nitrogens with zero attached hydrogens (tertiary/aromatic N) is 5. The second-order valence-corrected chi connectivity index (χ2v) is 10.1. The van der Waals surface area contributed by atoms with Crippen LogP contribution >= 0.6 is 11.6 Å². The molecule has 1 aliphatic heterocycles. The number of halogens is 2. The summed E-state index contributed by atoms with van der Waals surface area (Å²) >= 11 is 6.66. The Morgan fingerprint density at radius 3 is 2.74 bits per heavy atom. The number of carbonyl (C=O) groups excluding carboxylic acids is 1. The molecule has 1 aliphatic rings. The zero-order valence-electron chi connectivity index (χ0n) is 21.8. The summed E-state index contributed by atoms with van der Waals surface area (Å²) in [6, 6.07) is 9.57. The highest BCUT2D eigenvalue weighted by Crippen LogP contribution is 2.35. The van der Waals surface area contributed by atoms with Crippen LogP contribution in [0.5, 0.6) is 5.88 Å². The van der Waals surface area contributed by atoms with E-state index in [0.717, 1.165) is 5.56 Å². The first kappa shape index (κ1) is 26.5. The minimum Gasteiger partial charge on any atom is -0.472 e. The van der Waals surface area contributed by atoms with Gasteiger partial charge in [-0.05, 0) is 48.7 Å². The first-order valence-electron chi connectivity index (χ1n) is 12.6. The van der Waals surface area contributed by atoms with Crippen LogP contribution in [0.2, 0.25) is 5.02 Å². The number of rotatable bonds is 6. The molecule has 1 atom stereocenters. The summed E-state index contributed by atoms with van der Waals surface area (Å²) in [7, 11) is 0. The van der Waals surface area contributed by atoms with E-state index in [0.29, 0.717) is 36.3 Å². The number of pyridine rings is 2. The van der Waals surface area contributed by atoms with Crippen LogP contribution in [0.4, 0.5) is 4.39 Å². The Balaban J connectivity index is 1.76. The number of likely N-dealkylation sites (tertiary alicyclic amines) is 1. The third-order valence-electron chi connectivity index (χ3n) is 6.75. The molecule has 0 spiro atoms. The van der Waals surface area contributed by atoms with Gasteiger partial charge in [-0.1, -0.05) is 44.2 Å². The summed E-state index contributed by atoms with van der Waals surface area (Å²) in [5.74, 6) is -0.653. The van der Waals surface area contributed by atoms with Crippen molar-refractivity contribution in [2.75, 3.05) is 13.1 Å². The zero-order chi connectivity index (χ0) is 27.8. The number of carbonyl (C=O) groups is 1. The number of amides is 1. The van der Waals surface area contributed by atoms with Gasteiger partial charge in [0.2, 0.25) is 11.8 Å². The normalized spacial score (nSPS) is 15.2. The van der Waals surface area contributed by atoms with E-state index in [1.165, 1.54) is 16.7 Å². The Kier molecular flexibility index (Phi) is 7.18. The van der Waals surface area contributed by atoms with Crippen LogP contribution in [0.3, 0.4) is 0 Å². The highest BCUT2D eigenvalue weighted by Gasteiger charge is 2.29. The third-order valence-corrected chi connectivity index (χ3v) is 7.04. The molecule has 4 aromatic rings. The van der Waals surface area contributed by atoms with E-state index in [2.05, 4.69) is 16.5 Å². The monoisotopic (exact) mass is 547 g/mol. The minimum absolute atomic E-state index is 0.0111. The van der Waals surface area contributed by atoms with Crippen molar-refractivity contribution in [1.82, 2.24) is 24.4 Å². The molecular formula is C29H27ClFN5O3. The maximum Gasteiger partial charge on any atom is 0.357 e. The molecule has 1 amide bonds. The number of aryl methyl sites for hydroxylation is 1. The molecule has 1 unspecified atom stereocenters. The quantitative estimate of drug-likeness (QED) is 0.307. The predicted octanol–water partition coefficient (Wildman–Crippen LogP) is 5.23. The summed E-state index contributed by atoms with van der Waals surface area (Å²) in [6.07, 6.45) is 3.11. The van der Waals surface area contributed by atoms with Gasteiger partial charge >= 0.3 is 5.69 Å². The maximum absolute atomic E-state index is 14.8. The van der Waals surface area contributed by atoms with Crippen LogP contribution in [-0.2, 0) is 4.79 Å². The van der Waals surface area contributed by atoms with Crippen LogP contribution < -0.4 is 10.4 Å². The second-order valence-electron chi connectivity index (χ2n) is 9.74. The van der Waals surface area contributed by atoms with E-state index in [4.69, 9.17) is 21.3 Å². The molecule has 39 heavy (non-hydrogen) atoms. The molecule has 1 aromatic carbocycles. The van der Waals surface area contributed by atoms with Crippen LogP contribution in [-0.4, -0.2) is 49.5 Å². The van der Waals surface area contributed by atoms with Crippen molar-refractivity contribution >= 4 is 28.5 Å². The largest absolute Gasteiger partial charge is 0.472 e. The second kappa shape index (κ2) is 10.6. The molecule has 1 fully saturated rings. The van der Waals surface area contributed by atoms with E-state index in [9.17, 15) is 14.0 Å². The molecule has 5 rings (SSSR count). The van der Waals surface area contributed by atoms with E-state index in [1.54, 1.807) is 41.4 Å². The van der Waals surface area contributed by atoms with Gasteiger partial charge in [0.05, 0.1) is 34.0 Å². The highest BCUT2D eigenvalue weighted by molar-refractivity contribution is 6.33. The molecule has 0 N–H and O–H groups in total. The lowest BCUT2D eigenvalue weighted by atomic mass is 10.0. The van der Waals surface area contributed by atoms with Gasteiger partial charge in [0.1, 0.15) is 11.9 Å². The van der Waals surface area contributed by atoms with Crippen molar-refractivity contribution < 1.29 is 13.9 Å². The van der Waals surface area contributed by atoms with Crippen LogP contribution in [0, 0.1) is 12.7 Å². The Morgan fingerprint density at radius 2 is 2.03 bits per heavy atom. The van der Waals surface area contributed by atoms with Gasteiger partial charge < -0.3 is 9.64 Å². The molecule has 0 radical (unpaired) electrons. The van der Waals surface area contributed by atoms with E-state index in [1.807, 2.05) is 20.8 Å². The van der Waals surface area contributed by atoms with Crippen LogP contribution in [0.1, 0.15) is 37.4 Å². The van der Waals surface area contributed by atoms with Gasteiger partial charge in [-0.15, -0.1) is 0 Å².